The van der Waals surface area contributed by atoms with Crippen molar-refractivity contribution in [2.45, 2.75) is 19.3 Å². The lowest BCUT2D eigenvalue weighted by atomic mass is 9.84. The Morgan fingerprint density at radius 3 is 2.38 bits per heavy atom. The van der Waals surface area contributed by atoms with E-state index in [1.165, 1.54) is 0 Å². The molecule has 0 spiro atoms. The van der Waals surface area contributed by atoms with Crippen LogP contribution in [0.15, 0.2) is 42.5 Å². The predicted molar refractivity (Wildman–Crippen MR) is 94.5 cm³/mol. The molecule has 0 aliphatic rings. The summed E-state index contributed by atoms with van der Waals surface area (Å²) in [5.41, 5.74) is 1.71. The molecule has 0 unspecified atom stereocenters. The number of hydrogen-bond acceptors (Lipinski definition) is 4. The van der Waals surface area contributed by atoms with E-state index in [1.807, 2.05) is 24.3 Å². The number of benzene rings is 2. The zero-order valence-electron chi connectivity index (χ0n) is 14.4. The van der Waals surface area contributed by atoms with Crippen molar-refractivity contribution in [2.75, 3.05) is 26.1 Å². The molecule has 0 saturated heterocycles. The van der Waals surface area contributed by atoms with Gasteiger partial charge in [0.1, 0.15) is 0 Å². The number of carboxylic acids is 1. The van der Waals surface area contributed by atoms with Gasteiger partial charge in [0.25, 0.3) is 0 Å². The summed E-state index contributed by atoms with van der Waals surface area (Å²) in [4.78, 5) is 11.3. The smallest absolute Gasteiger partial charge is 0.337 e. The van der Waals surface area contributed by atoms with Gasteiger partial charge in [-0.25, -0.2) is 4.79 Å². The maximum Gasteiger partial charge on any atom is 0.337 e. The number of hydrogen-bond donors (Lipinski definition) is 2. The van der Waals surface area contributed by atoms with E-state index in [0.29, 0.717) is 23.7 Å². The molecule has 0 radical (unpaired) electrons. The van der Waals surface area contributed by atoms with E-state index in [4.69, 9.17) is 9.47 Å². The monoisotopic (exact) mass is 329 g/mol. The number of para-hydroxylation sites is 1. The van der Waals surface area contributed by atoms with Crippen LogP contribution in [0.4, 0.5) is 5.69 Å². The highest BCUT2D eigenvalue weighted by atomic mass is 16.5. The zero-order chi connectivity index (χ0) is 17.7. The van der Waals surface area contributed by atoms with Gasteiger partial charge in [0.2, 0.25) is 0 Å². The summed E-state index contributed by atoms with van der Waals surface area (Å²) in [7, 11) is 3.21. The summed E-state index contributed by atoms with van der Waals surface area (Å²) in [6.45, 7) is 4.75. The number of carboxylic acid groups (broad SMARTS) is 1. The van der Waals surface area contributed by atoms with Gasteiger partial charge >= 0.3 is 5.97 Å². The predicted octanol–water partition coefficient (Wildman–Crippen LogP) is 3.79. The van der Waals surface area contributed by atoms with Crippen molar-refractivity contribution >= 4 is 11.7 Å². The van der Waals surface area contributed by atoms with Crippen LogP contribution in [0, 0.1) is 0 Å². The maximum absolute atomic E-state index is 11.3. The van der Waals surface area contributed by atoms with E-state index in [2.05, 4.69) is 19.2 Å². The van der Waals surface area contributed by atoms with Crippen molar-refractivity contribution in [1.29, 1.82) is 0 Å². The second kappa shape index (κ2) is 7.25. The molecule has 2 N–H and O–H groups in total. The molecule has 0 heterocycles. The molecule has 24 heavy (non-hydrogen) atoms. The van der Waals surface area contributed by atoms with E-state index in [1.54, 1.807) is 32.4 Å². The van der Waals surface area contributed by atoms with Crippen LogP contribution in [0.2, 0.25) is 0 Å². The van der Waals surface area contributed by atoms with E-state index in [0.717, 1.165) is 5.56 Å². The summed E-state index contributed by atoms with van der Waals surface area (Å²) in [6, 6.07) is 12.7. The van der Waals surface area contributed by atoms with Gasteiger partial charge in [0.05, 0.1) is 19.8 Å². The van der Waals surface area contributed by atoms with Crippen LogP contribution < -0.4 is 14.8 Å². The molecule has 0 aromatic heterocycles. The van der Waals surface area contributed by atoms with Gasteiger partial charge in [-0.3, -0.25) is 0 Å². The lowest BCUT2D eigenvalue weighted by Gasteiger charge is -2.27. The molecular formula is C19H23NO4. The SMILES string of the molecule is COc1ccc(C(C)(C)CNc2ccccc2C(=O)O)cc1OC. The average Bonchev–Trinajstić information content (AvgIpc) is 2.59. The first-order valence-corrected chi connectivity index (χ1v) is 7.67. The fraction of sp³-hybridized carbons (Fsp3) is 0.316. The van der Waals surface area contributed by atoms with Crippen LogP contribution in [0.3, 0.4) is 0 Å². The first-order chi connectivity index (χ1) is 11.4. The highest BCUT2D eigenvalue weighted by Gasteiger charge is 2.23. The topological polar surface area (TPSA) is 67.8 Å². The Bertz CT molecular complexity index is 725. The zero-order valence-corrected chi connectivity index (χ0v) is 14.4. The average molecular weight is 329 g/mol. The molecule has 0 atom stereocenters. The summed E-state index contributed by atoms with van der Waals surface area (Å²) in [5.74, 6) is 0.414. The quantitative estimate of drug-likeness (QED) is 0.809. The number of nitrogens with one attached hydrogen (secondary N) is 1. The molecule has 5 nitrogen and oxygen atoms in total. The van der Waals surface area contributed by atoms with Crippen LogP contribution in [0.5, 0.6) is 11.5 Å². The molecule has 0 bridgehead atoms. The lowest BCUT2D eigenvalue weighted by molar-refractivity contribution is 0.0698. The highest BCUT2D eigenvalue weighted by molar-refractivity contribution is 5.94. The molecule has 0 amide bonds. The van der Waals surface area contributed by atoms with Crippen LogP contribution >= 0.6 is 0 Å². The molecule has 2 aromatic carbocycles. The van der Waals surface area contributed by atoms with Crippen molar-refractivity contribution in [3.63, 3.8) is 0 Å². The van der Waals surface area contributed by atoms with E-state index >= 15 is 0 Å². The Labute approximate surface area is 142 Å². The number of anilines is 1. The summed E-state index contributed by atoms with van der Waals surface area (Å²) in [5, 5.41) is 12.5. The molecule has 128 valence electrons. The van der Waals surface area contributed by atoms with Crippen molar-refractivity contribution in [3.8, 4) is 11.5 Å². The van der Waals surface area contributed by atoms with Gasteiger partial charge < -0.3 is 19.9 Å². The Balaban J connectivity index is 2.21. The Hall–Kier alpha value is -2.69. The van der Waals surface area contributed by atoms with Gasteiger partial charge in [0, 0.05) is 17.6 Å². The first kappa shape index (κ1) is 17.7. The fourth-order valence-corrected chi connectivity index (χ4v) is 2.50. The minimum Gasteiger partial charge on any atom is -0.493 e. The van der Waals surface area contributed by atoms with Gasteiger partial charge in [-0.2, -0.15) is 0 Å². The molecular weight excluding hydrogens is 306 g/mol. The Kier molecular flexibility index (Phi) is 5.34. The molecule has 2 rings (SSSR count). The summed E-state index contributed by atoms with van der Waals surface area (Å²) < 4.78 is 10.6. The van der Waals surface area contributed by atoms with Crippen molar-refractivity contribution in [3.05, 3.63) is 53.6 Å². The van der Waals surface area contributed by atoms with Gasteiger partial charge in [-0.05, 0) is 29.8 Å². The lowest BCUT2D eigenvalue weighted by Crippen LogP contribution is -2.28. The number of methoxy groups -OCH3 is 2. The molecule has 2 aromatic rings. The summed E-state index contributed by atoms with van der Waals surface area (Å²) in [6.07, 6.45) is 0. The van der Waals surface area contributed by atoms with Crippen molar-refractivity contribution in [1.82, 2.24) is 0 Å². The number of ether oxygens (including phenoxy) is 2. The van der Waals surface area contributed by atoms with E-state index in [-0.39, 0.29) is 11.0 Å². The Morgan fingerprint density at radius 1 is 1.08 bits per heavy atom. The number of aromatic carboxylic acids is 1. The Morgan fingerprint density at radius 2 is 1.75 bits per heavy atom. The van der Waals surface area contributed by atoms with Crippen LogP contribution in [0.25, 0.3) is 0 Å². The third-order valence-electron chi connectivity index (χ3n) is 4.04. The van der Waals surface area contributed by atoms with Crippen LogP contribution in [-0.4, -0.2) is 31.8 Å². The minimum absolute atomic E-state index is 0.231. The van der Waals surface area contributed by atoms with Gasteiger partial charge in [-0.1, -0.05) is 32.0 Å². The highest BCUT2D eigenvalue weighted by Crippen LogP contribution is 2.33. The van der Waals surface area contributed by atoms with Crippen molar-refractivity contribution < 1.29 is 19.4 Å². The minimum atomic E-state index is -0.943. The number of rotatable bonds is 7. The standard InChI is InChI=1S/C19H23NO4/c1-19(2,13-9-10-16(23-3)17(11-13)24-4)12-20-15-8-6-5-7-14(15)18(21)22/h5-11,20H,12H2,1-4H3,(H,21,22). The van der Waals surface area contributed by atoms with Crippen molar-refractivity contribution in [2.24, 2.45) is 0 Å². The van der Waals surface area contributed by atoms with Gasteiger partial charge in [0.15, 0.2) is 11.5 Å². The second-order valence-electron chi connectivity index (χ2n) is 6.16. The van der Waals surface area contributed by atoms with E-state index in [9.17, 15) is 9.90 Å². The van der Waals surface area contributed by atoms with Gasteiger partial charge in [-0.15, -0.1) is 0 Å². The largest absolute Gasteiger partial charge is 0.493 e. The second-order valence-corrected chi connectivity index (χ2v) is 6.16. The maximum atomic E-state index is 11.3. The van der Waals surface area contributed by atoms with E-state index < -0.39 is 5.97 Å². The fourth-order valence-electron chi connectivity index (χ4n) is 2.50. The molecule has 0 aliphatic carbocycles. The molecule has 5 heteroatoms. The third-order valence-corrected chi connectivity index (χ3v) is 4.04. The molecule has 0 saturated carbocycles. The van der Waals surface area contributed by atoms with Crippen LogP contribution in [-0.2, 0) is 5.41 Å². The molecule has 0 fully saturated rings. The third kappa shape index (κ3) is 3.79. The summed E-state index contributed by atoms with van der Waals surface area (Å²) >= 11 is 0. The molecule has 0 aliphatic heterocycles. The van der Waals surface area contributed by atoms with Crippen LogP contribution in [0.1, 0.15) is 29.8 Å². The normalized spacial score (nSPS) is 11.0. The number of carbonyl (C=O) groups is 1. The first-order valence-electron chi connectivity index (χ1n) is 7.67.